The number of aromatic nitrogens is 1. The molecule has 7 heteroatoms. The van der Waals surface area contributed by atoms with Crippen LogP contribution >= 0.6 is 23.2 Å². The predicted octanol–water partition coefficient (Wildman–Crippen LogP) is 6.44. The van der Waals surface area contributed by atoms with Crippen molar-refractivity contribution in [2.45, 2.75) is 25.4 Å². The van der Waals surface area contributed by atoms with E-state index in [2.05, 4.69) is 4.98 Å². The van der Waals surface area contributed by atoms with E-state index in [0.717, 1.165) is 35.9 Å². The van der Waals surface area contributed by atoms with Gasteiger partial charge in [0.25, 0.3) is 0 Å². The van der Waals surface area contributed by atoms with Crippen LogP contribution in [0.2, 0.25) is 10.0 Å². The van der Waals surface area contributed by atoms with Crippen molar-refractivity contribution in [1.82, 2.24) is 4.98 Å². The number of para-hydroxylation sites is 1. The van der Waals surface area contributed by atoms with E-state index in [9.17, 15) is 13.2 Å². The molecule has 0 bridgehead atoms. The molecule has 0 saturated carbocycles. The molecule has 0 atom stereocenters. The zero-order chi connectivity index (χ0) is 18.9. The fraction of sp³-hybridized carbons (Fsp3) is 0.263. The minimum atomic E-state index is -4.44. The molecule has 0 radical (unpaired) electrons. The number of hydrogen-bond donors (Lipinski definition) is 2. The lowest BCUT2D eigenvalue weighted by Crippen LogP contribution is -2.05. The van der Waals surface area contributed by atoms with Gasteiger partial charge >= 0.3 is 6.18 Å². The third-order valence-corrected chi connectivity index (χ3v) is 4.98. The van der Waals surface area contributed by atoms with Crippen LogP contribution in [0.25, 0.3) is 22.2 Å². The molecular formula is C19H17Cl2F3N2. The molecule has 3 aromatic rings. The maximum Gasteiger partial charge on any atom is 0.416 e. The van der Waals surface area contributed by atoms with Gasteiger partial charge in [-0.1, -0.05) is 35.3 Å². The minimum Gasteiger partial charge on any atom is -0.353 e. The van der Waals surface area contributed by atoms with Gasteiger partial charge in [0.05, 0.1) is 21.8 Å². The first-order valence-electron chi connectivity index (χ1n) is 8.19. The van der Waals surface area contributed by atoms with Crippen LogP contribution in [-0.2, 0) is 12.6 Å². The number of nitrogens with two attached hydrogens (primary N) is 1. The van der Waals surface area contributed by atoms with Gasteiger partial charge in [-0.25, -0.2) is 0 Å². The fourth-order valence-electron chi connectivity index (χ4n) is 3.07. The van der Waals surface area contributed by atoms with Gasteiger partial charge in [-0.3, -0.25) is 0 Å². The number of halogens is 5. The van der Waals surface area contributed by atoms with E-state index in [1.54, 1.807) is 6.07 Å². The smallest absolute Gasteiger partial charge is 0.353 e. The van der Waals surface area contributed by atoms with Crippen LogP contribution < -0.4 is 5.73 Å². The Hall–Kier alpha value is -1.69. The Labute approximate surface area is 159 Å². The number of alkyl halides is 3. The van der Waals surface area contributed by atoms with Crippen LogP contribution in [0.4, 0.5) is 13.2 Å². The fourth-order valence-corrected chi connectivity index (χ4v) is 3.50. The first kappa shape index (κ1) is 19.1. The topological polar surface area (TPSA) is 41.8 Å². The number of benzene rings is 2. The summed E-state index contributed by atoms with van der Waals surface area (Å²) in [5, 5.41) is 1.65. The molecule has 2 aromatic carbocycles. The molecule has 1 heterocycles. The maximum atomic E-state index is 13.1. The third kappa shape index (κ3) is 3.70. The number of aryl methyl sites for hydroxylation is 1. The number of H-pyrrole nitrogens is 1. The molecule has 1 aromatic heterocycles. The van der Waals surface area contributed by atoms with E-state index in [-0.39, 0.29) is 5.02 Å². The molecule has 0 saturated heterocycles. The molecule has 3 N–H and O–H groups in total. The number of aromatic amines is 1. The minimum absolute atomic E-state index is 0.251. The summed E-state index contributed by atoms with van der Waals surface area (Å²) in [6.45, 7) is 0.558. The van der Waals surface area contributed by atoms with E-state index in [1.165, 1.54) is 6.07 Å². The van der Waals surface area contributed by atoms with Gasteiger partial charge in [-0.05, 0) is 55.6 Å². The Morgan fingerprint density at radius 1 is 1.00 bits per heavy atom. The quantitative estimate of drug-likeness (QED) is 0.475. The summed E-state index contributed by atoms with van der Waals surface area (Å²) in [4.78, 5) is 3.18. The lowest BCUT2D eigenvalue weighted by atomic mass is 9.99. The molecule has 0 fully saturated rings. The molecule has 0 aliphatic rings. The highest BCUT2D eigenvalue weighted by Gasteiger charge is 2.31. The van der Waals surface area contributed by atoms with Gasteiger partial charge < -0.3 is 10.7 Å². The van der Waals surface area contributed by atoms with Gasteiger partial charge in [-0.2, -0.15) is 13.2 Å². The van der Waals surface area contributed by atoms with Gasteiger partial charge in [0, 0.05) is 16.0 Å². The van der Waals surface area contributed by atoms with Gasteiger partial charge in [-0.15, -0.1) is 0 Å². The Bertz CT molecular complexity index is 932. The molecule has 0 spiro atoms. The number of unbranched alkanes of at least 4 members (excludes halogenated alkanes) is 1. The van der Waals surface area contributed by atoms with Crippen LogP contribution in [0.15, 0.2) is 36.4 Å². The number of fused-ring (bicyclic) bond motifs is 1. The summed E-state index contributed by atoms with van der Waals surface area (Å²) >= 11 is 12.5. The van der Waals surface area contributed by atoms with Crippen molar-refractivity contribution in [3.63, 3.8) is 0 Å². The first-order chi connectivity index (χ1) is 12.3. The van der Waals surface area contributed by atoms with Crippen molar-refractivity contribution in [2.24, 2.45) is 5.73 Å². The van der Waals surface area contributed by atoms with Crippen molar-refractivity contribution >= 4 is 34.1 Å². The third-order valence-electron chi connectivity index (χ3n) is 4.33. The second-order valence-corrected chi connectivity index (χ2v) is 6.89. The lowest BCUT2D eigenvalue weighted by Gasteiger charge is -2.11. The highest BCUT2D eigenvalue weighted by molar-refractivity contribution is 6.35. The monoisotopic (exact) mass is 400 g/mol. The predicted molar refractivity (Wildman–Crippen MR) is 101 cm³/mol. The van der Waals surface area contributed by atoms with Crippen molar-refractivity contribution in [1.29, 1.82) is 0 Å². The average molecular weight is 401 g/mol. The molecular weight excluding hydrogens is 384 g/mol. The van der Waals surface area contributed by atoms with Gasteiger partial charge in [0.15, 0.2) is 0 Å². The van der Waals surface area contributed by atoms with E-state index < -0.39 is 11.7 Å². The SMILES string of the molecule is NCCCCc1c(-c2cc(C(F)(F)F)ccc2Cl)[nH]c2c(Cl)cccc12. The molecule has 26 heavy (non-hydrogen) atoms. The maximum absolute atomic E-state index is 13.1. The molecule has 138 valence electrons. The summed E-state index contributed by atoms with van der Waals surface area (Å²) < 4.78 is 39.4. The summed E-state index contributed by atoms with van der Waals surface area (Å²) in [6.07, 6.45) is -2.13. The molecule has 0 aliphatic heterocycles. The Kier molecular flexibility index (Phi) is 5.51. The van der Waals surface area contributed by atoms with Crippen LogP contribution in [0, 0.1) is 0 Å². The normalized spacial score (nSPS) is 12.1. The summed E-state index contributed by atoms with van der Waals surface area (Å²) in [7, 11) is 0. The van der Waals surface area contributed by atoms with Crippen LogP contribution in [0.3, 0.4) is 0 Å². The Morgan fingerprint density at radius 3 is 2.46 bits per heavy atom. The van der Waals surface area contributed by atoms with Crippen molar-refractivity contribution < 1.29 is 13.2 Å². The summed E-state index contributed by atoms with van der Waals surface area (Å²) in [6, 6.07) is 8.80. The van der Waals surface area contributed by atoms with E-state index >= 15 is 0 Å². The average Bonchev–Trinajstić information content (AvgIpc) is 2.94. The number of rotatable bonds is 5. The second-order valence-electron chi connectivity index (χ2n) is 6.08. The van der Waals surface area contributed by atoms with Crippen LogP contribution in [-0.4, -0.2) is 11.5 Å². The number of nitrogens with one attached hydrogen (secondary N) is 1. The Balaban J connectivity index is 2.21. The molecule has 3 rings (SSSR count). The molecule has 2 nitrogen and oxygen atoms in total. The summed E-state index contributed by atoms with van der Waals surface area (Å²) in [5.41, 5.74) is 7.31. The van der Waals surface area contributed by atoms with Crippen molar-refractivity contribution in [3.05, 3.63) is 57.6 Å². The van der Waals surface area contributed by atoms with Crippen molar-refractivity contribution in [3.8, 4) is 11.3 Å². The zero-order valence-electron chi connectivity index (χ0n) is 13.8. The highest BCUT2D eigenvalue weighted by Crippen LogP contribution is 2.40. The van der Waals surface area contributed by atoms with Crippen LogP contribution in [0.5, 0.6) is 0 Å². The largest absolute Gasteiger partial charge is 0.416 e. The van der Waals surface area contributed by atoms with E-state index in [1.807, 2.05) is 12.1 Å². The molecule has 0 unspecified atom stereocenters. The first-order valence-corrected chi connectivity index (χ1v) is 8.94. The standard InChI is InChI=1S/C19H17Cl2F3N2/c20-15-8-7-11(19(22,23)24)10-14(15)17-12(4-1-2-9-25)13-5-3-6-16(21)18(13)26-17/h3,5-8,10,26H,1-2,4,9,25H2. The zero-order valence-corrected chi connectivity index (χ0v) is 15.3. The second kappa shape index (κ2) is 7.51. The number of hydrogen-bond acceptors (Lipinski definition) is 1. The lowest BCUT2D eigenvalue weighted by molar-refractivity contribution is -0.137. The van der Waals surface area contributed by atoms with E-state index in [4.69, 9.17) is 28.9 Å². The summed E-state index contributed by atoms with van der Waals surface area (Å²) in [5.74, 6) is 0. The van der Waals surface area contributed by atoms with Gasteiger partial charge in [0.1, 0.15) is 0 Å². The Morgan fingerprint density at radius 2 is 1.77 bits per heavy atom. The highest BCUT2D eigenvalue weighted by atomic mass is 35.5. The van der Waals surface area contributed by atoms with Crippen molar-refractivity contribution in [2.75, 3.05) is 6.54 Å². The molecule has 0 amide bonds. The van der Waals surface area contributed by atoms with E-state index in [0.29, 0.717) is 34.8 Å². The molecule has 0 aliphatic carbocycles. The van der Waals surface area contributed by atoms with Crippen LogP contribution in [0.1, 0.15) is 24.0 Å². The van der Waals surface area contributed by atoms with Gasteiger partial charge in [0.2, 0.25) is 0 Å².